The van der Waals surface area contributed by atoms with E-state index in [1.807, 2.05) is 13.0 Å². The fourth-order valence-electron chi connectivity index (χ4n) is 3.11. The van der Waals surface area contributed by atoms with E-state index in [0.29, 0.717) is 16.5 Å². The fraction of sp³-hybridized carbons (Fsp3) is 0.333. The summed E-state index contributed by atoms with van der Waals surface area (Å²) in [4.78, 5) is 16.7. The normalized spacial score (nSPS) is 11.4. The van der Waals surface area contributed by atoms with Crippen molar-refractivity contribution in [3.8, 4) is 5.75 Å². The van der Waals surface area contributed by atoms with Crippen LogP contribution in [0.4, 0.5) is 24.1 Å². The van der Waals surface area contributed by atoms with Gasteiger partial charge in [-0.2, -0.15) is 0 Å². The number of hydrogen-bond acceptors (Lipinski definition) is 7. The molecule has 32 heavy (non-hydrogen) atoms. The van der Waals surface area contributed by atoms with Crippen LogP contribution in [-0.4, -0.2) is 27.5 Å². The van der Waals surface area contributed by atoms with Gasteiger partial charge in [0.1, 0.15) is 16.6 Å². The minimum atomic E-state index is -4.78. The number of carbonyl (C=O) groups excluding carboxylic acids is 1. The Morgan fingerprint density at radius 3 is 2.62 bits per heavy atom. The molecule has 170 valence electrons. The monoisotopic (exact) mass is 465 g/mol. The Bertz CT molecular complexity index is 1070. The van der Waals surface area contributed by atoms with Gasteiger partial charge in [-0.05, 0) is 55.5 Å². The second-order valence-corrected chi connectivity index (χ2v) is 8.20. The van der Waals surface area contributed by atoms with Crippen LogP contribution in [0.15, 0.2) is 36.4 Å². The average Bonchev–Trinajstić information content (AvgIpc) is 3.10. The van der Waals surface area contributed by atoms with E-state index >= 15 is 0 Å². The van der Waals surface area contributed by atoms with Crippen LogP contribution >= 0.6 is 11.3 Å². The maximum Gasteiger partial charge on any atom is 0.573 e. The van der Waals surface area contributed by atoms with E-state index in [1.54, 1.807) is 12.1 Å². The molecule has 0 fully saturated rings. The number of halogens is 3. The van der Waals surface area contributed by atoms with Gasteiger partial charge in [0, 0.05) is 12.1 Å². The first-order valence-corrected chi connectivity index (χ1v) is 10.7. The Balaban J connectivity index is 1.49. The lowest BCUT2D eigenvalue weighted by Crippen LogP contribution is -2.18. The summed E-state index contributed by atoms with van der Waals surface area (Å²) in [5, 5.41) is 11.9. The lowest BCUT2D eigenvalue weighted by Gasteiger charge is -2.11. The first-order chi connectivity index (χ1) is 15.2. The van der Waals surface area contributed by atoms with Gasteiger partial charge in [-0.3, -0.25) is 4.79 Å². The number of aryl methyl sites for hydroxylation is 3. The van der Waals surface area contributed by atoms with Crippen molar-refractivity contribution in [1.82, 2.24) is 15.2 Å². The van der Waals surface area contributed by atoms with Crippen molar-refractivity contribution in [1.29, 1.82) is 0 Å². The van der Waals surface area contributed by atoms with E-state index in [9.17, 15) is 18.0 Å². The molecule has 3 rings (SSSR count). The first-order valence-electron chi connectivity index (χ1n) is 9.87. The van der Waals surface area contributed by atoms with Crippen LogP contribution in [0.1, 0.15) is 34.7 Å². The summed E-state index contributed by atoms with van der Waals surface area (Å²) < 4.78 is 40.9. The van der Waals surface area contributed by atoms with Crippen molar-refractivity contribution >= 4 is 28.2 Å². The van der Waals surface area contributed by atoms with E-state index in [-0.39, 0.29) is 18.1 Å². The highest BCUT2D eigenvalue weighted by atomic mass is 32.1. The van der Waals surface area contributed by atoms with Crippen molar-refractivity contribution in [2.75, 3.05) is 11.1 Å². The zero-order chi connectivity index (χ0) is 23.1. The molecule has 2 aromatic heterocycles. The number of rotatable bonds is 9. The number of ether oxygens (including phenoxy) is 1. The van der Waals surface area contributed by atoms with Gasteiger partial charge in [-0.25, -0.2) is 4.98 Å². The molecule has 3 aromatic rings. The van der Waals surface area contributed by atoms with Gasteiger partial charge in [0.15, 0.2) is 0 Å². The van der Waals surface area contributed by atoms with Gasteiger partial charge in [-0.15, -0.1) is 23.4 Å². The standard InChI is InChI=1S/C21H22F3N5O2S/c1-13-15(6-2-3-8-19-28-29-20(25)32-19)9-10-17(26-13)27-18(30)12-14-5-4-7-16(11-14)31-21(22,23)24/h4-5,7,9-11H,2-3,6,8,12H2,1H3,(H2,25,29)(H,26,27,30). The quantitative estimate of drug-likeness (QED) is 0.452. The van der Waals surface area contributed by atoms with Gasteiger partial charge in [-0.1, -0.05) is 29.5 Å². The van der Waals surface area contributed by atoms with Crippen LogP contribution in [0.5, 0.6) is 5.75 Å². The molecule has 0 unspecified atom stereocenters. The molecule has 0 saturated heterocycles. The van der Waals surface area contributed by atoms with Crippen molar-refractivity contribution < 1.29 is 22.7 Å². The van der Waals surface area contributed by atoms with Gasteiger partial charge < -0.3 is 15.8 Å². The zero-order valence-corrected chi connectivity index (χ0v) is 18.1. The number of nitrogen functional groups attached to an aromatic ring is 1. The van der Waals surface area contributed by atoms with Crippen LogP contribution in [0.3, 0.4) is 0 Å². The van der Waals surface area contributed by atoms with Crippen LogP contribution in [0.2, 0.25) is 0 Å². The van der Waals surface area contributed by atoms with E-state index in [2.05, 4.69) is 25.2 Å². The van der Waals surface area contributed by atoms with Crippen LogP contribution < -0.4 is 15.8 Å². The molecule has 3 N–H and O–H groups in total. The van der Waals surface area contributed by atoms with E-state index < -0.39 is 6.36 Å². The van der Waals surface area contributed by atoms with Crippen molar-refractivity contribution in [3.05, 3.63) is 58.2 Å². The molecule has 0 spiro atoms. The SMILES string of the molecule is Cc1nc(NC(=O)Cc2cccc(OC(F)(F)F)c2)ccc1CCCCc1nnc(N)s1. The lowest BCUT2D eigenvalue weighted by molar-refractivity contribution is -0.274. The number of benzene rings is 1. The number of anilines is 2. The van der Waals surface area contributed by atoms with Gasteiger partial charge in [0.05, 0.1) is 6.42 Å². The van der Waals surface area contributed by atoms with E-state index in [4.69, 9.17) is 5.73 Å². The predicted molar refractivity (Wildman–Crippen MR) is 115 cm³/mol. The number of nitrogens with zero attached hydrogens (tertiary/aromatic N) is 3. The van der Waals surface area contributed by atoms with Crippen LogP contribution in [0.25, 0.3) is 0 Å². The maximum atomic E-state index is 12.4. The summed E-state index contributed by atoms with van der Waals surface area (Å²) in [6.45, 7) is 1.87. The van der Waals surface area contributed by atoms with Crippen molar-refractivity contribution in [2.45, 2.75) is 45.4 Å². The molecule has 0 atom stereocenters. The lowest BCUT2D eigenvalue weighted by atomic mass is 10.1. The molecule has 1 amide bonds. The van der Waals surface area contributed by atoms with E-state index in [0.717, 1.165) is 41.9 Å². The molecule has 0 aliphatic carbocycles. The van der Waals surface area contributed by atoms with Crippen molar-refractivity contribution in [3.63, 3.8) is 0 Å². The second kappa shape index (κ2) is 10.4. The third-order valence-corrected chi connectivity index (χ3v) is 5.34. The van der Waals surface area contributed by atoms with Gasteiger partial charge in [0.25, 0.3) is 0 Å². The highest BCUT2D eigenvalue weighted by molar-refractivity contribution is 7.15. The van der Waals surface area contributed by atoms with E-state index in [1.165, 1.54) is 29.5 Å². The molecule has 11 heteroatoms. The summed E-state index contributed by atoms with van der Waals surface area (Å²) in [5.41, 5.74) is 7.86. The molecule has 0 bridgehead atoms. The number of amides is 1. The number of alkyl halides is 3. The highest BCUT2D eigenvalue weighted by Gasteiger charge is 2.31. The van der Waals surface area contributed by atoms with Crippen LogP contribution in [0, 0.1) is 6.92 Å². The number of hydrogen-bond donors (Lipinski definition) is 2. The maximum absolute atomic E-state index is 12.4. The summed E-state index contributed by atoms with van der Waals surface area (Å²) in [7, 11) is 0. The zero-order valence-electron chi connectivity index (χ0n) is 17.3. The minimum Gasteiger partial charge on any atom is -0.406 e. The highest BCUT2D eigenvalue weighted by Crippen LogP contribution is 2.23. The average molecular weight is 466 g/mol. The third kappa shape index (κ3) is 7.49. The fourth-order valence-corrected chi connectivity index (χ4v) is 3.76. The largest absolute Gasteiger partial charge is 0.573 e. The molecule has 7 nitrogen and oxygen atoms in total. The molecular formula is C21H22F3N5O2S. The molecule has 0 aliphatic rings. The number of pyridine rings is 1. The summed E-state index contributed by atoms with van der Waals surface area (Å²) >= 11 is 1.39. The first kappa shape index (κ1) is 23.5. The number of nitrogens with one attached hydrogen (secondary N) is 1. The summed E-state index contributed by atoms with van der Waals surface area (Å²) in [6.07, 6.45) is -1.32. The Hall–Kier alpha value is -3.21. The van der Waals surface area contributed by atoms with Gasteiger partial charge >= 0.3 is 6.36 Å². The smallest absolute Gasteiger partial charge is 0.406 e. The molecule has 0 radical (unpaired) electrons. The third-order valence-electron chi connectivity index (χ3n) is 4.53. The molecule has 1 aromatic carbocycles. The number of unbranched alkanes of at least 4 members (excludes halogenated alkanes) is 1. The molecule has 2 heterocycles. The Labute approximate surface area is 186 Å². The number of carbonyl (C=O) groups is 1. The Kier molecular flexibility index (Phi) is 7.62. The number of aromatic nitrogens is 3. The van der Waals surface area contributed by atoms with Gasteiger partial charge in [0.2, 0.25) is 11.0 Å². The molecule has 0 aliphatic heterocycles. The Morgan fingerprint density at radius 2 is 1.94 bits per heavy atom. The predicted octanol–water partition coefficient (Wildman–Crippen LogP) is 4.47. The van der Waals surface area contributed by atoms with Crippen LogP contribution in [-0.2, 0) is 24.1 Å². The number of nitrogens with two attached hydrogens (primary N) is 1. The summed E-state index contributed by atoms with van der Waals surface area (Å²) in [6, 6.07) is 8.96. The Morgan fingerprint density at radius 1 is 1.16 bits per heavy atom. The van der Waals surface area contributed by atoms with Crippen molar-refractivity contribution in [2.24, 2.45) is 0 Å². The minimum absolute atomic E-state index is 0.104. The molecular weight excluding hydrogens is 443 g/mol. The topological polar surface area (TPSA) is 103 Å². The second-order valence-electron chi connectivity index (χ2n) is 7.10. The summed E-state index contributed by atoms with van der Waals surface area (Å²) in [5.74, 6) is -0.357. The molecule has 0 saturated carbocycles.